The van der Waals surface area contributed by atoms with Gasteiger partial charge < -0.3 is 5.73 Å². The molecule has 1 atom stereocenters. The average molecular weight is 196 g/mol. The van der Waals surface area contributed by atoms with Crippen molar-refractivity contribution in [3.05, 3.63) is 0 Å². The van der Waals surface area contributed by atoms with Gasteiger partial charge in [-0.1, -0.05) is 0 Å². The van der Waals surface area contributed by atoms with Crippen LogP contribution in [0.3, 0.4) is 0 Å². The van der Waals surface area contributed by atoms with E-state index in [-0.39, 0.29) is 12.8 Å². The van der Waals surface area contributed by atoms with E-state index < -0.39 is 23.2 Å². The maximum atomic E-state index is 10.6. The van der Waals surface area contributed by atoms with Gasteiger partial charge >= 0.3 is 11.4 Å². The Morgan fingerprint density at radius 2 is 2.08 bits per heavy atom. The molecule has 0 radical (unpaired) electrons. The molecule has 0 rings (SSSR count). The predicted molar refractivity (Wildman–Crippen MR) is 38.4 cm³/mol. The number of nitrogens with two attached hydrogens (primary N) is 1. The van der Waals surface area contributed by atoms with Crippen molar-refractivity contribution in [2.24, 2.45) is 5.73 Å². The van der Waals surface area contributed by atoms with Gasteiger partial charge in [-0.05, 0) is 0 Å². The SMILES string of the molecule is NC(=O)CCC(=O)NOS(=O)O. The van der Waals surface area contributed by atoms with Crippen molar-refractivity contribution in [3.8, 4) is 0 Å². The van der Waals surface area contributed by atoms with Crippen LogP contribution in [0.15, 0.2) is 0 Å². The molecule has 2 amide bonds. The number of nitrogens with one attached hydrogen (secondary N) is 1. The molecule has 0 spiro atoms. The van der Waals surface area contributed by atoms with Gasteiger partial charge in [0, 0.05) is 12.8 Å². The molecule has 0 heterocycles. The first-order chi connectivity index (χ1) is 5.52. The lowest BCUT2D eigenvalue weighted by atomic mass is 10.3. The molecule has 0 bridgehead atoms. The number of rotatable bonds is 5. The normalized spacial score (nSPS) is 12.1. The van der Waals surface area contributed by atoms with Crippen molar-refractivity contribution in [1.82, 2.24) is 5.48 Å². The highest BCUT2D eigenvalue weighted by Crippen LogP contribution is 1.87. The second kappa shape index (κ2) is 5.63. The largest absolute Gasteiger partial charge is 0.370 e. The minimum atomic E-state index is -2.55. The van der Waals surface area contributed by atoms with Gasteiger partial charge in [-0.3, -0.25) is 14.1 Å². The van der Waals surface area contributed by atoms with E-state index in [1.54, 1.807) is 5.48 Å². The Hall–Kier alpha value is -0.990. The fraction of sp³-hybridized carbons (Fsp3) is 0.500. The molecule has 1 unspecified atom stereocenters. The van der Waals surface area contributed by atoms with Crippen LogP contribution >= 0.6 is 0 Å². The van der Waals surface area contributed by atoms with Crippen LogP contribution < -0.4 is 11.2 Å². The van der Waals surface area contributed by atoms with Gasteiger partial charge in [0.25, 0.3) is 0 Å². The highest BCUT2D eigenvalue weighted by atomic mass is 32.2. The van der Waals surface area contributed by atoms with Crippen LogP contribution in [0.2, 0.25) is 0 Å². The van der Waals surface area contributed by atoms with E-state index in [1.807, 2.05) is 0 Å². The molecule has 70 valence electrons. The molecular weight excluding hydrogens is 188 g/mol. The number of hydrogen-bond donors (Lipinski definition) is 3. The first-order valence-corrected chi connectivity index (χ1v) is 3.91. The van der Waals surface area contributed by atoms with Crippen LogP contribution in [-0.4, -0.2) is 20.6 Å². The summed E-state index contributed by atoms with van der Waals surface area (Å²) in [5.74, 6) is -1.31. The van der Waals surface area contributed by atoms with E-state index in [0.717, 1.165) is 0 Å². The molecule has 0 aliphatic heterocycles. The van der Waals surface area contributed by atoms with Gasteiger partial charge in [0.1, 0.15) is 0 Å². The standard InChI is InChI=1S/C4H8N2O5S/c5-3(7)1-2-4(8)6-11-12(9)10/h1-2H2,(H2,5,7)(H,6,8)(H,9,10). The minimum absolute atomic E-state index is 0.132. The molecule has 0 saturated heterocycles. The zero-order valence-electron chi connectivity index (χ0n) is 5.98. The van der Waals surface area contributed by atoms with E-state index >= 15 is 0 Å². The molecule has 0 fully saturated rings. The number of carbonyl (C=O) groups excluding carboxylic acids is 2. The molecule has 7 nitrogen and oxygen atoms in total. The highest BCUT2D eigenvalue weighted by molar-refractivity contribution is 7.74. The summed E-state index contributed by atoms with van der Waals surface area (Å²) >= 11 is -2.55. The molecule has 0 aromatic carbocycles. The Morgan fingerprint density at radius 3 is 2.50 bits per heavy atom. The zero-order chi connectivity index (χ0) is 9.56. The molecular formula is C4H8N2O5S. The fourth-order valence-electron chi connectivity index (χ4n) is 0.370. The highest BCUT2D eigenvalue weighted by Gasteiger charge is 2.04. The van der Waals surface area contributed by atoms with Crippen molar-refractivity contribution in [3.63, 3.8) is 0 Å². The van der Waals surface area contributed by atoms with Crippen LogP contribution in [0.25, 0.3) is 0 Å². The number of carbonyl (C=O) groups is 2. The van der Waals surface area contributed by atoms with Crippen LogP contribution in [-0.2, 0) is 25.2 Å². The van der Waals surface area contributed by atoms with Crippen molar-refractivity contribution in [2.75, 3.05) is 0 Å². The van der Waals surface area contributed by atoms with E-state index in [4.69, 9.17) is 10.3 Å². The third-order valence-electron chi connectivity index (χ3n) is 0.825. The van der Waals surface area contributed by atoms with E-state index in [1.165, 1.54) is 0 Å². The number of hydroxylamine groups is 1. The van der Waals surface area contributed by atoms with Gasteiger partial charge in [-0.15, -0.1) is 4.28 Å². The van der Waals surface area contributed by atoms with Gasteiger partial charge in [-0.25, -0.2) is 5.48 Å². The van der Waals surface area contributed by atoms with Crippen molar-refractivity contribution in [2.45, 2.75) is 12.8 Å². The number of hydrogen-bond acceptors (Lipinski definition) is 4. The third-order valence-corrected chi connectivity index (χ3v) is 1.05. The lowest BCUT2D eigenvalue weighted by Crippen LogP contribution is -2.25. The molecule has 0 aromatic heterocycles. The number of primary amides is 1. The molecule has 0 aliphatic rings. The van der Waals surface area contributed by atoms with Gasteiger partial charge in [0.05, 0.1) is 0 Å². The predicted octanol–water partition coefficient (Wildman–Crippen LogP) is -1.56. The second-order valence-electron chi connectivity index (χ2n) is 1.79. The minimum Gasteiger partial charge on any atom is -0.370 e. The van der Waals surface area contributed by atoms with Crippen LogP contribution in [0.5, 0.6) is 0 Å². The van der Waals surface area contributed by atoms with Crippen LogP contribution in [0, 0.1) is 0 Å². The lowest BCUT2D eigenvalue weighted by Gasteiger charge is -1.98. The summed E-state index contributed by atoms with van der Waals surface area (Å²) in [7, 11) is 0. The van der Waals surface area contributed by atoms with Crippen molar-refractivity contribution in [1.29, 1.82) is 0 Å². The van der Waals surface area contributed by atoms with Gasteiger partial charge in [-0.2, -0.15) is 4.21 Å². The maximum Gasteiger partial charge on any atom is 0.324 e. The van der Waals surface area contributed by atoms with E-state index in [0.29, 0.717) is 0 Å². The molecule has 0 aromatic rings. The Bertz CT molecular complexity index is 186. The van der Waals surface area contributed by atoms with Crippen LogP contribution in [0.4, 0.5) is 0 Å². The Kier molecular flexibility index (Phi) is 5.17. The summed E-state index contributed by atoms with van der Waals surface area (Å²) in [6.45, 7) is 0. The summed E-state index contributed by atoms with van der Waals surface area (Å²) in [4.78, 5) is 20.7. The topological polar surface area (TPSA) is 119 Å². The van der Waals surface area contributed by atoms with E-state index in [9.17, 15) is 13.8 Å². The Balaban J connectivity index is 3.47. The molecule has 0 saturated carbocycles. The quantitative estimate of drug-likeness (QED) is 0.363. The average Bonchev–Trinajstić information content (AvgIpc) is 1.96. The maximum absolute atomic E-state index is 10.6. The Labute approximate surface area is 70.7 Å². The van der Waals surface area contributed by atoms with Gasteiger partial charge in [0.2, 0.25) is 11.8 Å². The third kappa shape index (κ3) is 7.12. The molecule has 4 N–H and O–H groups in total. The molecule has 8 heteroatoms. The lowest BCUT2D eigenvalue weighted by molar-refractivity contribution is -0.129. The number of amides is 2. The smallest absolute Gasteiger partial charge is 0.324 e. The van der Waals surface area contributed by atoms with Crippen molar-refractivity contribution < 1.29 is 22.6 Å². The first kappa shape index (κ1) is 11.0. The zero-order valence-corrected chi connectivity index (χ0v) is 6.80. The summed E-state index contributed by atoms with van der Waals surface area (Å²) in [5, 5.41) is 0. The van der Waals surface area contributed by atoms with Crippen molar-refractivity contribution >= 4 is 23.2 Å². The van der Waals surface area contributed by atoms with Gasteiger partial charge in [0.15, 0.2) is 0 Å². The Morgan fingerprint density at radius 1 is 1.50 bits per heavy atom. The first-order valence-electron chi connectivity index (χ1n) is 2.87. The monoisotopic (exact) mass is 196 g/mol. The fourth-order valence-corrected chi connectivity index (χ4v) is 0.534. The summed E-state index contributed by atoms with van der Waals surface area (Å²) < 4.78 is 21.7. The summed E-state index contributed by atoms with van der Waals surface area (Å²) in [5.41, 5.74) is 6.37. The summed E-state index contributed by atoms with van der Waals surface area (Å²) in [6, 6.07) is 0. The van der Waals surface area contributed by atoms with Crippen LogP contribution in [0.1, 0.15) is 12.8 Å². The molecule has 0 aliphatic carbocycles. The summed E-state index contributed by atoms with van der Waals surface area (Å²) in [6.07, 6.45) is -0.306. The van der Waals surface area contributed by atoms with E-state index in [2.05, 4.69) is 4.28 Å². The second-order valence-corrected chi connectivity index (χ2v) is 2.39. The molecule has 12 heavy (non-hydrogen) atoms.